The van der Waals surface area contributed by atoms with Gasteiger partial charge in [-0.2, -0.15) is 0 Å². The summed E-state index contributed by atoms with van der Waals surface area (Å²) >= 11 is 4.94. The van der Waals surface area contributed by atoms with Crippen LogP contribution in [0.1, 0.15) is 16.1 Å². The van der Waals surface area contributed by atoms with Crippen LogP contribution >= 0.6 is 27.3 Å². The molecule has 0 aliphatic carbocycles. The van der Waals surface area contributed by atoms with Gasteiger partial charge in [0.15, 0.2) is 0 Å². The highest BCUT2D eigenvalue weighted by atomic mass is 79.9. The Balaban J connectivity index is 1.67. The fourth-order valence-electron chi connectivity index (χ4n) is 1.96. The number of carbonyl (C=O) groups is 1. The van der Waals surface area contributed by atoms with E-state index in [1.165, 1.54) is 0 Å². The zero-order chi connectivity index (χ0) is 16.2. The Hall–Kier alpha value is -2.19. The van der Waals surface area contributed by atoms with E-state index in [1.54, 1.807) is 47.5 Å². The van der Waals surface area contributed by atoms with Gasteiger partial charge in [-0.05, 0) is 51.6 Å². The van der Waals surface area contributed by atoms with Gasteiger partial charge in [-0.15, -0.1) is 16.4 Å². The molecule has 0 aliphatic heterocycles. The smallest absolute Gasteiger partial charge is 0.252 e. The number of hydrogen-bond donors (Lipinski definition) is 1. The summed E-state index contributed by atoms with van der Waals surface area (Å²) in [5.74, 6) is 0.420. The van der Waals surface area contributed by atoms with Crippen LogP contribution in [0.15, 0.2) is 46.4 Å². The molecule has 2 aromatic heterocycles. The van der Waals surface area contributed by atoms with Crippen LogP contribution in [0.25, 0.3) is 5.00 Å². The number of nitrogens with zero attached hydrogens (tertiary/aromatic N) is 3. The first-order valence-corrected chi connectivity index (χ1v) is 8.41. The summed E-state index contributed by atoms with van der Waals surface area (Å²) in [6, 6.07) is 9.15. The summed E-state index contributed by atoms with van der Waals surface area (Å²) in [6.45, 7) is 0.299. The van der Waals surface area contributed by atoms with Crippen LogP contribution in [0.2, 0.25) is 0 Å². The fourth-order valence-corrected chi connectivity index (χ4v) is 3.04. The standard InChI is InChI=1S/C15H13BrN4O2S/c1-22-11-4-5-13(16)12(7-11)15(21)17-8-10-9-20(19-18-10)14-3-2-6-23-14/h2-7,9H,8H2,1H3,(H,17,21). The number of benzene rings is 1. The van der Waals surface area contributed by atoms with E-state index in [2.05, 4.69) is 31.6 Å². The van der Waals surface area contributed by atoms with Crippen molar-refractivity contribution >= 4 is 33.2 Å². The van der Waals surface area contributed by atoms with Crippen molar-refractivity contribution in [3.8, 4) is 10.8 Å². The summed E-state index contributed by atoms with van der Waals surface area (Å²) in [5.41, 5.74) is 1.20. The quantitative estimate of drug-likeness (QED) is 0.724. The Bertz CT molecular complexity index is 817. The van der Waals surface area contributed by atoms with Crippen molar-refractivity contribution in [3.63, 3.8) is 0 Å². The summed E-state index contributed by atoms with van der Waals surface area (Å²) in [4.78, 5) is 12.3. The molecule has 0 spiro atoms. The lowest BCUT2D eigenvalue weighted by Gasteiger charge is -2.07. The molecule has 0 atom stereocenters. The maximum absolute atomic E-state index is 12.3. The van der Waals surface area contributed by atoms with Crippen LogP contribution in [-0.4, -0.2) is 28.0 Å². The number of halogens is 1. The predicted octanol–water partition coefficient (Wildman–Crippen LogP) is 3.03. The summed E-state index contributed by atoms with van der Waals surface area (Å²) in [5, 5.41) is 13.9. The molecule has 8 heteroatoms. The predicted molar refractivity (Wildman–Crippen MR) is 91.1 cm³/mol. The molecule has 0 fully saturated rings. The van der Waals surface area contributed by atoms with E-state index in [1.807, 2.05) is 17.5 Å². The number of methoxy groups -OCH3 is 1. The molecule has 6 nitrogen and oxygen atoms in total. The zero-order valence-electron chi connectivity index (χ0n) is 12.2. The Morgan fingerprint density at radius 1 is 1.43 bits per heavy atom. The minimum Gasteiger partial charge on any atom is -0.497 e. The van der Waals surface area contributed by atoms with Gasteiger partial charge in [-0.3, -0.25) is 4.79 Å². The molecule has 3 aromatic rings. The van der Waals surface area contributed by atoms with Gasteiger partial charge in [-0.25, -0.2) is 4.68 Å². The molecule has 0 saturated heterocycles. The van der Waals surface area contributed by atoms with Gasteiger partial charge in [0.25, 0.3) is 5.91 Å². The Kier molecular flexibility index (Phi) is 4.73. The van der Waals surface area contributed by atoms with Crippen molar-refractivity contribution in [2.45, 2.75) is 6.54 Å². The maximum Gasteiger partial charge on any atom is 0.252 e. The van der Waals surface area contributed by atoms with Gasteiger partial charge < -0.3 is 10.1 Å². The number of thiophene rings is 1. The van der Waals surface area contributed by atoms with E-state index in [9.17, 15) is 4.79 Å². The molecule has 2 heterocycles. The highest BCUT2D eigenvalue weighted by Gasteiger charge is 2.12. The third-order valence-corrected chi connectivity index (χ3v) is 4.67. The third-order valence-electron chi connectivity index (χ3n) is 3.12. The van der Waals surface area contributed by atoms with Gasteiger partial charge in [0.1, 0.15) is 16.4 Å². The second-order valence-corrected chi connectivity index (χ2v) is 6.41. The molecule has 1 aromatic carbocycles. The Morgan fingerprint density at radius 3 is 3.04 bits per heavy atom. The maximum atomic E-state index is 12.3. The molecule has 1 N–H and O–H groups in total. The van der Waals surface area contributed by atoms with Crippen molar-refractivity contribution in [1.82, 2.24) is 20.3 Å². The number of hydrogen-bond acceptors (Lipinski definition) is 5. The van der Waals surface area contributed by atoms with Gasteiger partial charge in [0.2, 0.25) is 0 Å². The first-order valence-electron chi connectivity index (χ1n) is 6.74. The average molecular weight is 393 g/mol. The van der Waals surface area contributed by atoms with Crippen molar-refractivity contribution in [3.05, 3.63) is 57.6 Å². The molecule has 1 amide bonds. The normalized spacial score (nSPS) is 10.5. The van der Waals surface area contributed by atoms with Gasteiger partial charge in [0, 0.05) is 4.47 Å². The molecule has 118 valence electrons. The highest BCUT2D eigenvalue weighted by molar-refractivity contribution is 9.10. The molecule has 0 aliphatic rings. The number of carbonyl (C=O) groups excluding carboxylic acids is 1. The molecule has 0 unspecified atom stereocenters. The van der Waals surface area contributed by atoms with E-state index in [4.69, 9.17) is 4.74 Å². The minimum atomic E-state index is -0.207. The number of amides is 1. The van der Waals surface area contributed by atoms with E-state index in [-0.39, 0.29) is 5.91 Å². The second-order valence-electron chi connectivity index (χ2n) is 4.63. The highest BCUT2D eigenvalue weighted by Crippen LogP contribution is 2.22. The van der Waals surface area contributed by atoms with E-state index in [0.717, 1.165) is 5.00 Å². The molecule has 0 bridgehead atoms. The third kappa shape index (κ3) is 3.59. The van der Waals surface area contributed by atoms with Crippen molar-refractivity contribution in [2.75, 3.05) is 7.11 Å². The number of rotatable bonds is 5. The topological polar surface area (TPSA) is 69.0 Å². The molecular formula is C15H13BrN4O2S. The van der Waals surface area contributed by atoms with Gasteiger partial charge >= 0.3 is 0 Å². The Labute approximate surface area is 145 Å². The Morgan fingerprint density at radius 2 is 2.30 bits per heavy atom. The number of aromatic nitrogens is 3. The van der Waals surface area contributed by atoms with Crippen LogP contribution < -0.4 is 10.1 Å². The van der Waals surface area contributed by atoms with Crippen molar-refractivity contribution < 1.29 is 9.53 Å². The lowest BCUT2D eigenvalue weighted by atomic mass is 10.2. The summed E-state index contributed by atoms with van der Waals surface area (Å²) in [6.07, 6.45) is 1.80. The molecule has 0 radical (unpaired) electrons. The zero-order valence-corrected chi connectivity index (χ0v) is 14.6. The second kappa shape index (κ2) is 6.93. The fraction of sp³-hybridized carbons (Fsp3) is 0.133. The van der Waals surface area contributed by atoms with Crippen LogP contribution in [0.3, 0.4) is 0 Å². The minimum absolute atomic E-state index is 0.207. The van der Waals surface area contributed by atoms with Crippen molar-refractivity contribution in [1.29, 1.82) is 0 Å². The van der Waals surface area contributed by atoms with Gasteiger partial charge in [0.05, 0.1) is 25.4 Å². The molecule has 0 saturated carbocycles. The van der Waals surface area contributed by atoms with Crippen LogP contribution in [0, 0.1) is 0 Å². The SMILES string of the molecule is COc1ccc(Br)c(C(=O)NCc2cn(-c3cccs3)nn2)c1. The first kappa shape index (κ1) is 15.7. The first-order chi connectivity index (χ1) is 11.2. The van der Waals surface area contributed by atoms with Crippen molar-refractivity contribution in [2.24, 2.45) is 0 Å². The average Bonchev–Trinajstić information content (AvgIpc) is 3.24. The summed E-state index contributed by atoms with van der Waals surface area (Å²) in [7, 11) is 1.56. The molecular weight excluding hydrogens is 380 g/mol. The number of nitrogens with one attached hydrogen (secondary N) is 1. The monoisotopic (exact) mass is 392 g/mol. The van der Waals surface area contributed by atoms with E-state index in [0.29, 0.717) is 28.0 Å². The van der Waals surface area contributed by atoms with Crippen LogP contribution in [0.5, 0.6) is 5.75 Å². The number of ether oxygens (including phenoxy) is 1. The molecule has 3 rings (SSSR count). The summed E-state index contributed by atoms with van der Waals surface area (Å²) < 4.78 is 7.54. The van der Waals surface area contributed by atoms with Gasteiger partial charge in [-0.1, -0.05) is 5.21 Å². The van der Waals surface area contributed by atoms with Crippen LogP contribution in [0.4, 0.5) is 0 Å². The van der Waals surface area contributed by atoms with Crippen LogP contribution in [-0.2, 0) is 6.54 Å². The van der Waals surface area contributed by atoms with E-state index < -0.39 is 0 Å². The van der Waals surface area contributed by atoms with E-state index >= 15 is 0 Å². The lowest BCUT2D eigenvalue weighted by molar-refractivity contribution is 0.0949. The molecule has 23 heavy (non-hydrogen) atoms. The lowest BCUT2D eigenvalue weighted by Crippen LogP contribution is -2.23. The largest absolute Gasteiger partial charge is 0.497 e.